The topological polar surface area (TPSA) is 82.7 Å². The molecule has 4 rings (SSSR count). The van der Waals surface area contributed by atoms with Crippen LogP contribution in [0.2, 0.25) is 0 Å². The largest absolute Gasteiger partial charge is 0.361 e. The first-order valence-corrected chi connectivity index (χ1v) is 8.98. The van der Waals surface area contributed by atoms with Gasteiger partial charge in [-0.2, -0.15) is 0 Å². The van der Waals surface area contributed by atoms with E-state index in [0.29, 0.717) is 12.5 Å². The van der Waals surface area contributed by atoms with Crippen molar-refractivity contribution in [2.24, 2.45) is 0 Å². The van der Waals surface area contributed by atoms with E-state index in [1.54, 1.807) is 0 Å². The van der Waals surface area contributed by atoms with E-state index in [1.165, 1.54) is 29.4 Å². The van der Waals surface area contributed by atoms with Gasteiger partial charge in [0.25, 0.3) is 5.91 Å². The number of amides is 1. The minimum Gasteiger partial charge on any atom is -0.361 e. The third kappa shape index (κ3) is 4.06. The maximum Gasteiger partial charge on any atom is 0.258 e. The third-order valence-electron chi connectivity index (χ3n) is 4.47. The summed E-state index contributed by atoms with van der Waals surface area (Å²) in [5, 5.41) is 6.46. The summed E-state index contributed by atoms with van der Waals surface area (Å²) in [6.07, 6.45) is 5.34. The van der Waals surface area contributed by atoms with Crippen molar-refractivity contribution in [3.63, 3.8) is 0 Å². The number of rotatable bonds is 6. The number of aromatic nitrogens is 3. The fourth-order valence-electron chi connectivity index (χ4n) is 2.99. The van der Waals surface area contributed by atoms with Crippen molar-refractivity contribution in [2.45, 2.75) is 6.42 Å². The average Bonchev–Trinajstić information content (AvgIpc) is 3.14. The van der Waals surface area contributed by atoms with Crippen LogP contribution in [0.4, 0.5) is 20.4 Å². The molecule has 2 aromatic carbocycles. The number of nitrogens with one attached hydrogen (secondary N) is 3. The van der Waals surface area contributed by atoms with Gasteiger partial charge in [-0.1, -0.05) is 24.3 Å². The molecule has 2 heterocycles. The number of para-hydroxylation sites is 2. The van der Waals surface area contributed by atoms with E-state index in [4.69, 9.17) is 0 Å². The van der Waals surface area contributed by atoms with Gasteiger partial charge in [0.05, 0.1) is 5.56 Å². The number of benzene rings is 2. The van der Waals surface area contributed by atoms with Gasteiger partial charge in [0.2, 0.25) is 5.95 Å². The number of H-pyrrole nitrogens is 1. The lowest BCUT2D eigenvalue weighted by Crippen LogP contribution is -2.15. The zero-order valence-corrected chi connectivity index (χ0v) is 15.2. The summed E-state index contributed by atoms with van der Waals surface area (Å²) in [7, 11) is 0. The van der Waals surface area contributed by atoms with E-state index in [0.717, 1.165) is 24.1 Å². The van der Waals surface area contributed by atoms with E-state index in [-0.39, 0.29) is 5.56 Å². The first kappa shape index (κ1) is 18.5. The molecule has 3 N–H and O–H groups in total. The highest BCUT2D eigenvalue weighted by molar-refractivity contribution is 6.04. The Balaban J connectivity index is 1.36. The number of fused-ring (bicyclic) bond motifs is 1. The van der Waals surface area contributed by atoms with Crippen molar-refractivity contribution >= 4 is 28.4 Å². The Morgan fingerprint density at radius 2 is 1.72 bits per heavy atom. The number of hydrogen-bond acceptors (Lipinski definition) is 4. The Hall–Kier alpha value is -3.81. The van der Waals surface area contributed by atoms with E-state index >= 15 is 0 Å². The molecule has 0 fully saturated rings. The number of anilines is 2. The van der Waals surface area contributed by atoms with Crippen LogP contribution >= 0.6 is 0 Å². The van der Waals surface area contributed by atoms with Crippen LogP contribution in [-0.4, -0.2) is 27.4 Å². The van der Waals surface area contributed by atoms with Gasteiger partial charge in [0, 0.05) is 36.0 Å². The Morgan fingerprint density at radius 1 is 1.00 bits per heavy atom. The first-order valence-electron chi connectivity index (χ1n) is 8.98. The minimum atomic E-state index is -0.852. The summed E-state index contributed by atoms with van der Waals surface area (Å²) < 4.78 is 27.3. The van der Waals surface area contributed by atoms with Crippen LogP contribution in [0.3, 0.4) is 0 Å². The van der Waals surface area contributed by atoms with Gasteiger partial charge in [-0.15, -0.1) is 0 Å². The van der Waals surface area contributed by atoms with Crippen LogP contribution in [0, 0.1) is 11.6 Å². The highest BCUT2D eigenvalue weighted by atomic mass is 19.1. The molecule has 29 heavy (non-hydrogen) atoms. The lowest BCUT2D eigenvalue weighted by molar-refractivity contribution is 0.102. The second-order valence-electron chi connectivity index (χ2n) is 6.38. The van der Waals surface area contributed by atoms with Gasteiger partial charge in [-0.25, -0.2) is 18.7 Å². The van der Waals surface area contributed by atoms with Crippen LogP contribution in [0.5, 0.6) is 0 Å². The molecule has 4 aromatic rings. The number of nitrogens with zero attached hydrogens (tertiary/aromatic N) is 2. The lowest BCUT2D eigenvalue weighted by Gasteiger charge is -2.08. The molecule has 146 valence electrons. The van der Waals surface area contributed by atoms with Crippen molar-refractivity contribution in [3.8, 4) is 0 Å². The summed E-state index contributed by atoms with van der Waals surface area (Å²) in [6.45, 7) is 0.605. The second-order valence-corrected chi connectivity index (χ2v) is 6.38. The molecule has 1 amide bonds. The zero-order chi connectivity index (χ0) is 20.2. The van der Waals surface area contributed by atoms with E-state index in [9.17, 15) is 13.6 Å². The Morgan fingerprint density at radius 3 is 2.48 bits per heavy atom. The monoisotopic (exact) mass is 393 g/mol. The smallest absolute Gasteiger partial charge is 0.258 e. The fourth-order valence-corrected chi connectivity index (χ4v) is 2.99. The van der Waals surface area contributed by atoms with Gasteiger partial charge in [-0.3, -0.25) is 4.79 Å². The molecule has 0 unspecified atom stereocenters. The van der Waals surface area contributed by atoms with Crippen LogP contribution in [0.15, 0.2) is 61.1 Å². The molecule has 0 aliphatic carbocycles. The minimum absolute atomic E-state index is 0.0924. The van der Waals surface area contributed by atoms with Crippen molar-refractivity contribution in [1.29, 1.82) is 0 Å². The van der Waals surface area contributed by atoms with Crippen LogP contribution in [-0.2, 0) is 6.42 Å². The molecule has 0 radical (unpaired) electrons. The maximum absolute atomic E-state index is 13.6. The van der Waals surface area contributed by atoms with Crippen LogP contribution < -0.4 is 10.6 Å². The molecule has 0 saturated heterocycles. The number of hydrogen-bond donors (Lipinski definition) is 3. The Bertz CT molecular complexity index is 1140. The fraction of sp³-hybridized carbons (Fsp3) is 0.0952. The molecule has 0 aliphatic rings. The number of carbonyl (C=O) groups is 1. The summed E-state index contributed by atoms with van der Waals surface area (Å²) in [5.41, 5.74) is 1.85. The van der Waals surface area contributed by atoms with Gasteiger partial charge < -0.3 is 15.6 Å². The number of carbonyl (C=O) groups excluding carboxylic acids is 1. The molecule has 8 heteroatoms. The number of halogens is 2. The molecule has 0 spiro atoms. The van der Waals surface area contributed by atoms with Crippen molar-refractivity contribution in [1.82, 2.24) is 15.0 Å². The normalized spacial score (nSPS) is 10.8. The van der Waals surface area contributed by atoms with E-state index in [1.807, 2.05) is 24.4 Å². The van der Waals surface area contributed by atoms with Crippen LogP contribution in [0.25, 0.3) is 10.9 Å². The van der Waals surface area contributed by atoms with Crippen molar-refractivity contribution < 1.29 is 13.6 Å². The van der Waals surface area contributed by atoms with Crippen molar-refractivity contribution in [2.75, 3.05) is 17.2 Å². The molecular weight excluding hydrogens is 376 g/mol. The molecule has 6 nitrogen and oxygen atoms in total. The van der Waals surface area contributed by atoms with E-state index in [2.05, 4.69) is 31.7 Å². The van der Waals surface area contributed by atoms with E-state index < -0.39 is 23.2 Å². The van der Waals surface area contributed by atoms with Crippen molar-refractivity contribution in [3.05, 3.63) is 83.8 Å². The van der Waals surface area contributed by atoms with Gasteiger partial charge >= 0.3 is 0 Å². The summed E-state index contributed by atoms with van der Waals surface area (Å²) >= 11 is 0. The molecular formula is C21H17F2N5O. The molecule has 2 aromatic heterocycles. The predicted octanol–water partition coefficient (Wildman–Crippen LogP) is 4.14. The highest BCUT2D eigenvalue weighted by Crippen LogP contribution is 2.19. The van der Waals surface area contributed by atoms with Gasteiger partial charge in [0.1, 0.15) is 17.3 Å². The quantitative estimate of drug-likeness (QED) is 0.460. The SMILES string of the molecule is O=C(Nc1c(F)cccc1F)c1cnc(NCCc2c[nH]c3ccccc23)nc1. The molecule has 0 saturated carbocycles. The molecule has 0 bridgehead atoms. The third-order valence-corrected chi connectivity index (χ3v) is 4.47. The second kappa shape index (κ2) is 8.05. The highest BCUT2D eigenvalue weighted by Gasteiger charge is 2.14. The summed E-state index contributed by atoms with van der Waals surface area (Å²) in [4.78, 5) is 23.6. The van der Waals surface area contributed by atoms with Crippen LogP contribution in [0.1, 0.15) is 15.9 Å². The Kier molecular flexibility index (Phi) is 5.15. The van der Waals surface area contributed by atoms with Gasteiger partial charge in [-0.05, 0) is 30.2 Å². The predicted molar refractivity (Wildman–Crippen MR) is 107 cm³/mol. The van der Waals surface area contributed by atoms with Gasteiger partial charge in [0.15, 0.2) is 0 Å². The number of aromatic amines is 1. The lowest BCUT2D eigenvalue weighted by atomic mass is 10.1. The summed E-state index contributed by atoms with van der Waals surface area (Å²) in [6, 6.07) is 11.4. The zero-order valence-electron chi connectivity index (χ0n) is 15.2. The first-order chi connectivity index (χ1) is 14.1. The maximum atomic E-state index is 13.6. The standard InChI is InChI=1S/C21H17F2N5O/c22-16-5-3-6-17(23)19(16)28-20(29)14-11-26-21(27-12-14)24-9-8-13-10-25-18-7-2-1-4-15(13)18/h1-7,10-12,25H,8-9H2,(H,28,29)(H,24,26,27). The molecule has 0 atom stereocenters. The summed E-state index contributed by atoms with van der Waals surface area (Å²) in [5.74, 6) is -2.04. The molecule has 0 aliphatic heterocycles. The Labute approximate surface area is 165 Å². The average molecular weight is 393 g/mol.